The van der Waals surface area contributed by atoms with Crippen molar-refractivity contribution in [2.75, 3.05) is 7.05 Å². The maximum absolute atomic E-state index is 11.6. The fraction of sp³-hybridized carbons (Fsp3) is 0.714. The molecule has 0 spiro atoms. The molecule has 0 heterocycles. The summed E-state index contributed by atoms with van der Waals surface area (Å²) in [5.41, 5.74) is -1.24. The van der Waals surface area contributed by atoms with Gasteiger partial charge in [-0.2, -0.15) is 13.2 Å². The lowest BCUT2D eigenvalue weighted by atomic mass is 10.1. The monoisotopic (exact) mass is 229 g/mol. The number of likely N-dealkylation sites (N-methyl/N-ethyl adjacent to an activating group) is 1. The van der Waals surface area contributed by atoms with Crippen LogP contribution in [-0.2, 0) is 19.4 Å². The van der Waals surface area contributed by atoms with E-state index in [0.29, 0.717) is 0 Å². The van der Waals surface area contributed by atoms with E-state index in [0.717, 1.165) is 0 Å². The van der Waals surface area contributed by atoms with Crippen LogP contribution in [0.3, 0.4) is 0 Å². The van der Waals surface area contributed by atoms with Crippen LogP contribution >= 0.6 is 0 Å². The average Bonchev–Trinajstić information content (AvgIpc) is 2.11. The summed E-state index contributed by atoms with van der Waals surface area (Å²) < 4.78 is 34.8. The molecule has 0 aromatic carbocycles. The van der Waals surface area contributed by atoms with Gasteiger partial charge in [0, 0.05) is 0 Å². The molecule has 88 valence electrons. The van der Waals surface area contributed by atoms with Crippen molar-refractivity contribution in [1.29, 1.82) is 0 Å². The number of nitrogens with one attached hydrogen (secondary N) is 1. The standard InChI is InChI=1S/C7H10F3NO4/c1-6(2,11-3)4(12)14-15-5(13)7(8,9)10/h11H,1-3H3. The Morgan fingerprint density at radius 1 is 1.07 bits per heavy atom. The molecule has 0 aromatic rings. The second kappa shape index (κ2) is 4.47. The zero-order valence-electron chi connectivity index (χ0n) is 8.27. The summed E-state index contributed by atoms with van der Waals surface area (Å²) in [6, 6.07) is 0. The van der Waals surface area contributed by atoms with Gasteiger partial charge >= 0.3 is 18.1 Å². The van der Waals surface area contributed by atoms with E-state index in [-0.39, 0.29) is 0 Å². The van der Waals surface area contributed by atoms with Crippen LogP contribution in [0, 0.1) is 0 Å². The Labute approximate surface area is 83.5 Å². The zero-order chi connectivity index (χ0) is 12.3. The first kappa shape index (κ1) is 13.7. The summed E-state index contributed by atoms with van der Waals surface area (Å²) in [6.07, 6.45) is -5.19. The van der Waals surface area contributed by atoms with Crippen molar-refractivity contribution >= 4 is 11.9 Å². The molecule has 0 aliphatic rings. The zero-order valence-corrected chi connectivity index (χ0v) is 8.27. The van der Waals surface area contributed by atoms with Gasteiger partial charge in [0.15, 0.2) is 0 Å². The summed E-state index contributed by atoms with van der Waals surface area (Å²) >= 11 is 0. The van der Waals surface area contributed by atoms with Crippen LogP contribution in [0.2, 0.25) is 0 Å². The van der Waals surface area contributed by atoms with Gasteiger partial charge in [-0.1, -0.05) is 0 Å². The highest BCUT2D eigenvalue weighted by Gasteiger charge is 2.43. The Morgan fingerprint density at radius 2 is 1.47 bits per heavy atom. The van der Waals surface area contributed by atoms with E-state index < -0.39 is 23.7 Å². The van der Waals surface area contributed by atoms with Gasteiger partial charge in [0.2, 0.25) is 0 Å². The van der Waals surface area contributed by atoms with Crippen molar-refractivity contribution in [3.05, 3.63) is 0 Å². The third kappa shape index (κ3) is 4.15. The Morgan fingerprint density at radius 3 is 1.80 bits per heavy atom. The summed E-state index contributed by atoms with van der Waals surface area (Å²) in [4.78, 5) is 28.2. The number of hydrogen-bond donors (Lipinski definition) is 1. The Hall–Kier alpha value is -1.31. The minimum absolute atomic E-state index is 1.14. The highest BCUT2D eigenvalue weighted by atomic mass is 19.4. The number of carbonyl (C=O) groups excluding carboxylic acids is 2. The first-order valence-electron chi connectivity index (χ1n) is 3.80. The highest BCUT2D eigenvalue weighted by Crippen LogP contribution is 2.17. The van der Waals surface area contributed by atoms with E-state index in [1.165, 1.54) is 20.9 Å². The van der Waals surface area contributed by atoms with Gasteiger partial charge in [-0.3, -0.25) is 0 Å². The molecule has 0 unspecified atom stereocenters. The Balaban J connectivity index is 4.20. The largest absolute Gasteiger partial charge is 0.495 e. The van der Waals surface area contributed by atoms with Crippen LogP contribution in [0.4, 0.5) is 13.2 Å². The molecule has 0 aromatic heterocycles. The predicted octanol–water partition coefficient (Wildman–Crippen LogP) is 0.548. The Kier molecular flexibility index (Phi) is 4.08. The lowest BCUT2D eigenvalue weighted by Crippen LogP contribution is -2.46. The van der Waals surface area contributed by atoms with Gasteiger partial charge in [-0.25, -0.2) is 19.4 Å². The number of rotatable bonds is 2. The van der Waals surface area contributed by atoms with Crippen LogP contribution in [0.25, 0.3) is 0 Å². The SMILES string of the molecule is CNC(C)(C)C(=O)OOC(=O)C(F)(F)F. The molecule has 0 saturated carbocycles. The van der Waals surface area contributed by atoms with Gasteiger partial charge in [0.25, 0.3) is 0 Å². The van der Waals surface area contributed by atoms with Crippen molar-refractivity contribution in [3.8, 4) is 0 Å². The maximum atomic E-state index is 11.6. The number of hydrogen-bond acceptors (Lipinski definition) is 5. The molecule has 1 N–H and O–H groups in total. The quantitative estimate of drug-likeness (QED) is 0.553. The molecule has 0 aliphatic heterocycles. The molecule has 0 aliphatic carbocycles. The van der Waals surface area contributed by atoms with Gasteiger partial charge < -0.3 is 5.32 Å². The second-order valence-corrected chi connectivity index (χ2v) is 3.11. The van der Waals surface area contributed by atoms with Crippen molar-refractivity contribution in [3.63, 3.8) is 0 Å². The molecule has 0 rings (SSSR count). The predicted molar refractivity (Wildman–Crippen MR) is 41.4 cm³/mol. The molecule has 0 amide bonds. The van der Waals surface area contributed by atoms with E-state index in [9.17, 15) is 22.8 Å². The van der Waals surface area contributed by atoms with Crippen molar-refractivity contribution in [1.82, 2.24) is 5.32 Å². The Bertz CT molecular complexity index is 261. The summed E-state index contributed by atoms with van der Waals surface area (Å²) in [5, 5.41) is 2.46. The maximum Gasteiger partial charge on any atom is 0.495 e. The molecule has 0 radical (unpaired) electrons. The van der Waals surface area contributed by atoms with Crippen LogP contribution in [0.5, 0.6) is 0 Å². The molecule has 0 fully saturated rings. The van der Waals surface area contributed by atoms with Crippen molar-refractivity contribution < 1.29 is 32.5 Å². The summed E-state index contributed by atoms with van der Waals surface area (Å²) in [7, 11) is 1.40. The van der Waals surface area contributed by atoms with Crippen LogP contribution in [-0.4, -0.2) is 30.7 Å². The molecule has 8 heteroatoms. The molecular weight excluding hydrogens is 219 g/mol. The van der Waals surface area contributed by atoms with Crippen LogP contribution in [0.1, 0.15) is 13.8 Å². The summed E-state index contributed by atoms with van der Waals surface area (Å²) in [6.45, 7) is 2.69. The van der Waals surface area contributed by atoms with E-state index in [4.69, 9.17) is 0 Å². The first-order chi connectivity index (χ1) is 6.61. The average molecular weight is 229 g/mol. The van der Waals surface area contributed by atoms with E-state index in [1.807, 2.05) is 0 Å². The first-order valence-corrected chi connectivity index (χ1v) is 3.80. The lowest BCUT2D eigenvalue weighted by molar-refractivity contribution is -0.288. The number of halogens is 3. The van der Waals surface area contributed by atoms with Crippen LogP contribution < -0.4 is 5.32 Å². The molecule has 5 nitrogen and oxygen atoms in total. The highest BCUT2D eigenvalue weighted by molar-refractivity contribution is 5.81. The fourth-order valence-electron chi connectivity index (χ4n) is 0.329. The lowest BCUT2D eigenvalue weighted by Gasteiger charge is -2.19. The van der Waals surface area contributed by atoms with E-state index in [1.54, 1.807) is 0 Å². The van der Waals surface area contributed by atoms with Crippen LogP contribution in [0.15, 0.2) is 0 Å². The van der Waals surface area contributed by atoms with Crippen molar-refractivity contribution in [2.24, 2.45) is 0 Å². The minimum Gasteiger partial charge on any atom is -0.305 e. The minimum atomic E-state index is -5.19. The molecule has 0 saturated heterocycles. The molecule has 0 atom stereocenters. The van der Waals surface area contributed by atoms with E-state index in [2.05, 4.69) is 15.1 Å². The topological polar surface area (TPSA) is 64.6 Å². The third-order valence-electron chi connectivity index (χ3n) is 1.56. The van der Waals surface area contributed by atoms with Gasteiger partial charge in [-0.15, -0.1) is 0 Å². The molecule has 15 heavy (non-hydrogen) atoms. The normalized spacial score (nSPS) is 12.1. The van der Waals surface area contributed by atoms with Gasteiger partial charge in [0.05, 0.1) is 0 Å². The van der Waals surface area contributed by atoms with E-state index >= 15 is 0 Å². The third-order valence-corrected chi connectivity index (χ3v) is 1.56. The van der Waals surface area contributed by atoms with Gasteiger partial charge in [-0.05, 0) is 20.9 Å². The van der Waals surface area contributed by atoms with Crippen molar-refractivity contribution in [2.45, 2.75) is 25.6 Å². The second-order valence-electron chi connectivity index (χ2n) is 3.11. The number of alkyl halides is 3. The smallest absolute Gasteiger partial charge is 0.305 e. The summed E-state index contributed by atoms with van der Waals surface area (Å²) in [5.74, 6) is -3.72. The molecular formula is C7H10F3NO4. The van der Waals surface area contributed by atoms with Gasteiger partial charge in [0.1, 0.15) is 5.54 Å². The molecule has 0 bridgehead atoms. The fourth-order valence-corrected chi connectivity index (χ4v) is 0.329. The number of carbonyl (C=O) groups is 2.